The zero-order chi connectivity index (χ0) is 17.4. The summed E-state index contributed by atoms with van der Waals surface area (Å²) in [6, 6.07) is 19.6. The molecule has 5 nitrogen and oxygen atoms in total. The second-order valence-corrected chi connectivity index (χ2v) is 5.95. The van der Waals surface area contributed by atoms with Crippen molar-refractivity contribution in [1.29, 1.82) is 0 Å². The Labute approximate surface area is 145 Å². The number of benzene rings is 2. The van der Waals surface area contributed by atoms with E-state index in [2.05, 4.69) is 9.97 Å². The van der Waals surface area contributed by atoms with Crippen molar-refractivity contribution in [3.8, 4) is 22.5 Å². The monoisotopic (exact) mass is 327 g/mol. The maximum Gasteiger partial charge on any atom is 0.221 e. The van der Waals surface area contributed by atoms with Crippen molar-refractivity contribution in [3.63, 3.8) is 0 Å². The van der Waals surface area contributed by atoms with E-state index in [0.29, 0.717) is 16.7 Å². The van der Waals surface area contributed by atoms with Gasteiger partial charge in [-0.2, -0.15) is 0 Å². The number of pyridine rings is 1. The van der Waals surface area contributed by atoms with Crippen LogP contribution in [0.4, 0.5) is 11.6 Å². The first-order valence-electron chi connectivity index (χ1n) is 7.98. The fourth-order valence-electron chi connectivity index (χ4n) is 2.89. The number of aryl methyl sites for hydroxylation is 1. The van der Waals surface area contributed by atoms with Crippen molar-refractivity contribution >= 4 is 22.7 Å². The molecule has 0 aliphatic rings. The highest BCUT2D eigenvalue weighted by Crippen LogP contribution is 2.30. The van der Waals surface area contributed by atoms with Crippen LogP contribution in [0.1, 0.15) is 5.56 Å². The van der Waals surface area contributed by atoms with Crippen LogP contribution in [-0.4, -0.2) is 15.0 Å². The number of hydrogen-bond donors (Lipinski definition) is 2. The Morgan fingerprint density at radius 1 is 0.800 bits per heavy atom. The third-order valence-electron chi connectivity index (χ3n) is 4.09. The lowest BCUT2D eigenvalue weighted by molar-refractivity contribution is 1.21. The van der Waals surface area contributed by atoms with Crippen LogP contribution in [0.3, 0.4) is 0 Å². The van der Waals surface area contributed by atoms with Gasteiger partial charge in [0.2, 0.25) is 5.95 Å². The minimum absolute atomic E-state index is 0.232. The molecule has 25 heavy (non-hydrogen) atoms. The molecule has 0 atom stereocenters. The van der Waals surface area contributed by atoms with Gasteiger partial charge in [-0.05, 0) is 30.7 Å². The highest BCUT2D eigenvalue weighted by Gasteiger charge is 2.12. The van der Waals surface area contributed by atoms with E-state index in [1.54, 1.807) is 0 Å². The Morgan fingerprint density at radius 3 is 2.36 bits per heavy atom. The van der Waals surface area contributed by atoms with E-state index in [9.17, 15) is 0 Å². The molecule has 4 rings (SSSR count). The van der Waals surface area contributed by atoms with Crippen molar-refractivity contribution in [2.45, 2.75) is 6.92 Å². The third-order valence-corrected chi connectivity index (χ3v) is 4.09. The van der Waals surface area contributed by atoms with E-state index in [1.807, 2.05) is 67.6 Å². The smallest absolute Gasteiger partial charge is 0.221 e. The van der Waals surface area contributed by atoms with Gasteiger partial charge in [-0.25, -0.2) is 15.0 Å². The molecule has 5 heteroatoms. The summed E-state index contributed by atoms with van der Waals surface area (Å²) in [5, 5.41) is 0. The molecule has 122 valence electrons. The standard InChI is InChI=1S/C20H17N5/c1-12-7-8-14(15(21)11-12)16-9-10-17-19(23-16)18(25-20(22)24-17)13-5-3-2-4-6-13/h2-11H,21H2,1H3,(H2,22,24,25). The van der Waals surface area contributed by atoms with Crippen LogP contribution < -0.4 is 11.5 Å². The maximum absolute atomic E-state index is 6.18. The van der Waals surface area contributed by atoms with Gasteiger partial charge in [-0.3, -0.25) is 0 Å². The molecule has 0 radical (unpaired) electrons. The molecule has 0 amide bonds. The van der Waals surface area contributed by atoms with Gasteiger partial charge in [-0.1, -0.05) is 42.5 Å². The van der Waals surface area contributed by atoms with Crippen LogP contribution in [0.2, 0.25) is 0 Å². The second-order valence-electron chi connectivity index (χ2n) is 5.95. The molecule has 0 bridgehead atoms. The number of nitrogen functional groups attached to an aromatic ring is 2. The highest BCUT2D eigenvalue weighted by atomic mass is 15.0. The molecule has 0 unspecified atom stereocenters. The maximum atomic E-state index is 6.18. The lowest BCUT2D eigenvalue weighted by Crippen LogP contribution is -2.00. The highest BCUT2D eigenvalue weighted by molar-refractivity contribution is 5.92. The number of hydrogen-bond acceptors (Lipinski definition) is 5. The third kappa shape index (κ3) is 2.76. The van der Waals surface area contributed by atoms with Gasteiger partial charge in [0.05, 0.1) is 11.2 Å². The number of nitrogens with zero attached hydrogens (tertiary/aromatic N) is 3. The normalized spacial score (nSPS) is 10.9. The summed E-state index contributed by atoms with van der Waals surface area (Å²) in [5.74, 6) is 0.232. The Morgan fingerprint density at radius 2 is 1.60 bits per heavy atom. The molecule has 0 saturated carbocycles. The van der Waals surface area contributed by atoms with Gasteiger partial charge < -0.3 is 11.5 Å². The van der Waals surface area contributed by atoms with E-state index in [4.69, 9.17) is 16.5 Å². The molecule has 0 spiro atoms. The van der Waals surface area contributed by atoms with Gasteiger partial charge in [0, 0.05) is 16.8 Å². The predicted octanol–water partition coefficient (Wildman–Crippen LogP) is 3.83. The average molecular weight is 327 g/mol. The number of anilines is 2. The molecule has 0 saturated heterocycles. The second kappa shape index (κ2) is 5.87. The van der Waals surface area contributed by atoms with E-state index < -0.39 is 0 Å². The molecule has 4 N–H and O–H groups in total. The largest absolute Gasteiger partial charge is 0.398 e. The molecule has 0 fully saturated rings. The quantitative estimate of drug-likeness (QED) is 0.546. The fraction of sp³-hybridized carbons (Fsp3) is 0.0500. The van der Waals surface area contributed by atoms with Crippen LogP contribution in [0.15, 0.2) is 60.7 Å². The number of rotatable bonds is 2. The number of fused-ring (bicyclic) bond motifs is 1. The predicted molar refractivity (Wildman–Crippen MR) is 102 cm³/mol. The van der Waals surface area contributed by atoms with Gasteiger partial charge in [0.25, 0.3) is 0 Å². The first-order valence-corrected chi connectivity index (χ1v) is 7.98. The minimum Gasteiger partial charge on any atom is -0.398 e. The molecule has 2 aromatic carbocycles. The molecule has 2 aromatic heterocycles. The van der Waals surface area contributed by atoms with Crippen molar-refractivity contribution in [1.82, 2.24) is 15.0 Å². The molecular formula is C20H17N5. The molecule has 4 aromatic rings. The molecule has 0 aliphatic heterocycles. The van der Waals surface area contributed by atoms with Crippen LogP contribution in [0.25, 0.3) is 33.5 Å². The summed E-state index contributed by atoms with van der Waals surface area (Å²) in [5.41, 5.74) is 18.6. The van der Waals surface area contributed by atoms with E-state index >= 15 is 0 Å². The van der Waals surface area contributed by atoms with Crippen molar-refractivity contribution in [3.05, 3.63) is 66.2 Å². The summed E-state index contributed by atoms with van der Waals surface area (Å²) >= 11 is 0. The van der Waals surface area contributed by atoms with E-state index in [1.165, 1.54) is 0 Å². The summed E-state index contributed by atoms with van der Waals surface area (Å²) < 4.78 is 0. The Bertz CT molecular complexity index is 1070. The summed E-state index contributed by atoms with van der Waals surface area (Å²) in [6.07, 6.45) is 0. The molecular weight excluding hydrogens is 310 g/mol. The van der Waals surface area contributed by atoms with Gasteiger partial charge in [0.15, 0.2) is 0 Å². The fourth-order valence-corrected chi connectivity index (χ4v) is 2.89. The van der Waals surface area contributed by atoms with E-state index in [-0.39, 0.29) is 5.95 Å². The first-order chi connectivity index (χ1) is 12.1. The zero-order valence-corrected chi connectivity index (χ0v) is 13.8. The average Bonchev–Trinajstić information content (AvgIpc) is 2.61. The molecule has 0 aliphatic carbocycles. The van der Waals surface area contributed by atoms with Gasteiger partial charge in [-0.15, -0.1) is 0 Å². The summed E-state index contributed by atoms with van der Waals surface area (Å²) in [7, 11) is 0. The lowest BCUT2D eigenvalue weighted by Gasteiger charge is -2.10. The molecule has 2 heterocycles. The topological polar surface area (TPSA) is 90.7 Å². The Kier molecular flexibility index (Phi) is 3.54. The Hall–Kier alpha value is -3.47. The lowest BCUT2D eigenvalue weighted by atomic mass is 10.1. The van der Waals surface area contributed by atoms with Crippen molar-refractivity contribution < 1.29 is 0 Å². The zero-order valence-electron chi connectivity index (χ0n) is 13.8. The summed E-state index contributed by atoms with van der Waals surface area (Å²) in [6.45, 7) is 2.01. The number of nitrogens with two attached hydrogens (primary N) is 2. The van der Waals surface area contributed by atoms with Gasteiger partial charge >= 0.3 is 0 Å². The number of aromatic nitrogens is 3. The van der Waals surface area contributed by atoms with Crippen LogP contribution in [-0.2, 0) is 0 Å². The SMILES string of the molecule is Cc1ccc(-c2ccc3nc(N)nc(-c4ccccc4)c3n2)c(N)c1. The summed E-state index contributed by atoms with van der Waals surface area (Å²) in [4.78, 5) is 13.5. The van der Waals surface area contributed by atoms with Crippen LogP contribution in [0, 0.1) is 6.92 Å². The van der Waals surface area contributed by atoms with Crippen molar-refractivity contribution in [2.75, 3.05) is 11.5 Å². The van der Waals surface area contributed by atoms with Crippen LogP contribution >= 0.6 is 0 Å². The Balaban J connectivity index is 1.97. The van der Waals surface area contributed by atoms with E-state index in [0.717, 1.165) is 28.1 Å². The van der Waals surface area contributed by atoms with Gasteiger partial charge in [0.1, 0.15) is 11.2 Å². The first kappa shape index (κ1) is 15.1. The van der Waals surface area contributed by atoms with Crippen molar-refractivity contribution in [2.24, 2.45) is 0 Å². The minimum atomic E-state index is 0.232. The van der Waals surface area contributed by atoms with Crippen LogP contribution in [0.5, 0.6) is 0 Å².